The predicted molar refractivity (Wildman–Crippen MR) is 70.2 cm³/mol. The highest BCUT2D eigenvalue weighted by Crippen LogP contribution is 2.36. The van der Waals surface area contributed by atoms with E-state index in [-0.39, 0.29) is 12.5 Å². The summed E-state index contributed by atoms with van der Waals surface area (Å²) in [4.78, 5) is 25.1. The Kier molecular flexibility index (Phi) is 3.60. The molecule has 1 aromatic heterocycles. The number of carbonyl (C=O) groups excluding carboxylic acids is 1. The first-order valence-corrected chi connectivity index (χ1v) is 6.44. The Morgan fingerprint density at radius 3 is 2.50 bits per heavy atom. The number of furan rings is 1. The molecule has 6 nitrogen and oxygen atoms in total. The minimum Gasteiger partial charge on any atom is -0.479 e. The summed E-state index contributed by atoms with van der Waals surface area (Å²) in [5, 5.41) is 9.34. The van der Waals surface area contributed by atoms with Crippen molar-refractivity contribution in [1.82, 2.24) is 4.90 Å². The molecule has 1 N–H and O–H groups in total. The zero-order chi connectivity index (χ0) is 15.1. The molecule has 6 heteroatoms. The fourth-order valence-electron chi connectivity index (χ4n) is 2.50. The Morgan fingerprint density at radius 1 is 1.40 bits per heavy atom. The number of morpholine rings is 1. The summed E-state index contributed by atoms with van der Waals surface area (Å²) in [6, 6.07) is 2.67. The number of carboxylic acid groups (broad SMARTS) is 1. The number of aliphatic carboxylic acids is 1. The zero-order valence-corrected chi connectivity index (χ0v) is 12.0. The molecule has 110 valence electrons. The van der Waals surface area contributed by atoms with E-state index in [1.165, 1.54) is 4.90 Å². The molecule has 20 heavy (non-hydrogen) atoms. The lowest BCUT2D eigenvalue weighted by atomic mass is 9.96. The summed E-state index contributed by atoms with van der Waals surface area (Å²) >= 11 is 0. The Balaban J connectivity index is 2.50. The summed E-state index contributed by atoms with van der Waals surface area (Å²) in [5.41, 5.74) is -0.528. The van der Waals surface area contributed by atoms with E-state index in [1.54, 1.807) is 19.1 Å². The van der Waals surface area contributed by atoms with Crippen LogP contribution >= 0.6 is 0 Å². The number of nitrogens with zero attached hydrogens (tertiary/aromatic N) is 1. The van der Waals surface area contributed by atoms with Crippen LogP contribution in [-0.2, 0) is 14.3 Å². The fraction of sp³-hybridized carbons (Fsp3) is 0.571. The molecular weight excluding hydrogens is 262 g/mol. The van der Waals surface area contributed by atoms with E-state index in [4.69, 9.17) is 9.15 Å². The van der Waals surface area contributed by atoms with E-state index in [0.717, 1.165) is 0 Å². The van der Waals surface area contributed by atoms with Crippen LogP contribution in [0.4, 0.5) is 0 Å². The van der Waals surface area contributed by atoms with Crippen molar-refractivity contribution in [3.8, 4) is 0 Å². The topological polar surface area (TPSA) is 80.0 Å². The van der Waals surface area contributed by atoms with E-state index in [2.05, 4.69) is 0 Å². The largest absolute Gasteiger partial charge is 0.479 e. The third kappa shape index (κ3) is 2.56. The van der Waals surface area contributed by atoms with Crippen molar-refractivity contribution in [3.63, 3.8) is 0 Å². The number of carbonyl (C=O) groups is 2. The summed E-state index contributed by atoms with van der Waals surface area (Å²) in [7, 11) is 0. The Morgan fingerprint density at radius 2 is 2.05 bits per heavy atom. The van der Waals surface area contributed by atoms with E-state index in [0.29, 0.717) is 11.5 Å². The second-order valence-corrected chi connectivity index (χ2v) is 5.90. The molecule has 1 saturated heterocycles. The van der Waals surface area contributed by atoms with Crippen molar-refractivity contribution in [2.75, 3.05) is 6.61 Å². The lowest BCUT2D eigenvalue weighted by Crippen LogP contribution is -2.58. The Labute approximate surface area is 117 Å². The maximum Gasteiger partial charge on any atom is 0.335 e. The van der Waals surface area contributed by atoms with Crippen LogP contribution in [0.2, 0.25) is 0 Å². The molecule has 1 aliphatic rings. The van der Waals surface area contributed by atoms with Crippen LogP contribution in [0.15, 0.2) is 16.5 Å². The van der Waals surface area contributed by atoms with Gasteiger partial charge in [-0.3, -0.25) is 4.79 Å². The van der Waals surface area contributed by atoms with E-state index in [1.807, 2.05) is 20.8 Å². The molecule has 0 aliphatic carbocycles. The number of hydrogen-bond donors (Lipinski definition) is 1. The van der Waals surface area contributed by atoms with Gasteiger partial charge in [-0.15, -0.1) is 0 Å². The van der Waals surface area contributed by atoms with Crippen LogP contribution in [0, 0.1) is 6.92 Å². The zero-order valence-electron chi connectivity index (χ0n) is 12.0. The quantitative estimate of drug-likeness (QED) is 0.893. The standard InChI is InChI=1S/C14H19NO5/c1-8-5-6-9(20-8)11-12(13(17)18)19-7-10(16)15(11)14(2,3)4/h5-6,11-12H,7H2,1-4H3,(H,17,18)/t11-,12+/m1/s1. The molecule has 2 rings (SSSR count). The first-order chi connectivity index (χ1) is 9.21. The molecule has 0 radical (unpaired) electrons. The van der Waals surface area contributed by atoms with Crippen LogP contribution in [0.5, 0.6) is 0 Å². The molecular formula is C14H19NO5. The summed E-state index contributed by atoms with van der Waals surface area (Å²) in [5.74, 6) is -0.256. The summed E-state index contributed by atoms with van der Waals surface area (Å²) in [6.45, 7) is 7.12. The molecule has 1 aromatic rings. The first-order valence-electron chi connectivity index (χ1n) is 6.44. The van der Waals surface area contributed by atoms with Gasteiger partial charge in [0.1, 0.15) is 24.2 Å². The normalized spacial score (nSPS) is 24.0. The van der Waals surface area contributed by atoms with Gasteiger partial charge in [-0.05, 0) is 39.8 Å². The average Bonchev–Trinajstić information content (AvgIpc) is 2.73. The number of amides is 1. The van der Waals surface area contributed by atoms with Gasteiger partial charge in [-0.2, -0.15) is 0 Å². The second kappa shape index (κ2) is 4.94. The molecule has 2 heterocycles. The highest BCUT2D eigenvalue weighted by molar-refractivity contribution is 5.83. The molecule has 1 amide bonds. The highest BCUT2D eigenvalue weighted by atomic mass is 16.5. The predicted octanol–water partition coefficient (Wildman–Crippen LogP) is 1.74. The lowest BCUT2D eigenvalue weighted by Gasteiger charge is -2.45. The van der Waals surface area contributed by atoms with Gasteiger partial charge in [-0.25, -0.2) is 4.79 Å². The van der Waals surface area contributed by atoms with Crippen LogP contribution in [0.25, 0.3) is 0 Å². The number of ether oxygens (including phenoxy) is 1. The molecule has 1 fully saturated rings. The smallest absolute Gasteiger partial charge is 0.335 e. The maximum absolute atomic E-state index is 12.2. The maximum atomic E-state index is 12.2. The number of rotatable bonds is 2. The fourth-order valence-corrected chi connectivity index (χ4v) is 2.50. The van der Waals surface area contributed by atoms with E-state index >= 15 is 0 Å². The molecule has 0 aromatic carbocycles. The SMILES string of the molecule is Cc1ccc([C@@H]2[C@@H](C(=O)O)OCC(=O)N2C(C)(C)C)o1. The van der Waals surface area contributed by atoms with Crippen molar-refractivity contribution < 1.29 is 23.8 Å². The van der Waals surface area contributed by atoms with Gasteiger partial charge in [0.2, 0.25) is 5.91 Å². The number of carboxylic acids is 1. The second-order valence-electron chi connectivity index (χ2n) is 5.90. The molecule has 2 atom stereocenters. The number of hydrogen-bond acceptors (Lipinski definition) is 4. The first kappa shape index (κ1) is 14.6. The molecule has 0 spiro atoms. The monoisotopic (exact) mass is 281 g/mol. The van der Waals surface area contributed by atoms with E-state index in [9.17, 15) is 14.7 Å². The van der Waals surface area contributed by atoms with Crippen LogP contribution in [0.1, 0.15) is 38.3 Å². The third-order valence-electron chi connectivity index (χ3n) is 3.24. The van der Waals surface area contributed by atoms with Crippen LogP contribution in [0.3, 0.4) is 0 Å². The lowest BCUT2D eigenvalue weighted by molar-refractivity contribution is -0.181. The van der Waals surface area contributed by atoms with Gasteiger partial charge < -0.3 is 19.2 Å². The average molecular weight is 281 g/mol. The Bertz CT molecular complexity index is 528. The van der Waals surface area contributed by atoms with Crippen molar-refractivity contribution >= 4 is 11.9 Å². The van der Waals surface area contributed by atoms with Gasteiger partial charge in [0.15, 0.2) is 6.10 Å². The van der Waals surface area contributed by atoms with Gasteiger partial charge in [0.05, 0.1) is 0 Å². The van der Waals surface area contributed by atoms with Crippen LogP contribution in [-0.4, -0.2) is 40.1 Å². The van der Waals surface area contributed by atoms with Crippen molar-refractivity contribution in [2.24, 2.45) is 0 Å². The van der Waals surface area contributed by atoms with Gasteiger partial charge in [0, 0.05) is 5.54 Å². The highest BCUT2D eigenvalue weighted by Gasteiger charge is 2.47. The third-order valence-corrected chi connectivity index (χ3v) is 3.24. The van der Waals surface area contributed by atoms with Gasteiger partial charge >= 0.3 is 5.97 Å². The molecule has 0 saturated carbocycles. The summed E-state index contributed by atoms with van der Waals surface area (Å²) < 4.78 is 10.7. The molecule has 1 aliphatic heterocycles. The minimum atomic E-state index is -1.13. The molecule has 0 bridgehead atoms. The van der Waals surface area contributed by atoms with Gasteiger partial charge in [-0.1, -0.05) is 0 Å². The minimum absolute atomic E-state index is 0.232. The van der Waals surface area contributed by atoms with Crippen molar-refractivity contribution in [1.29, 1.82) is 0 Å². The van der Waals surface area contributed by atoms with Crippen LogP contribution < -0.4 is 0 Å². The summed E-state index contributed by atoms with van der Waals surface area (Å²) in [6.07, 6.45) is -1.13. The number of aryl methyl sites for hydroxylation is 1. The van der Waals surface area contributed by atoms with Gasteiger partial charge in [0.25, 0.3) is 0 Å². The van der Waals surface area contributed by atoms with Crippen molar-refractivity contribution in [2.45, 2.75) is 45.4 Å². The molecule has 0 unspecified atom stereocenters. The van der Waals surface area contributed by atoms with Crippen molar-refractivity contribution in [3.05, 3.63) is 23.7 Å². The Hall–Kier alpha value is -1.82. The van der Waals surface area contributed by atoms with E-state index < -0.39 is 23.7 Å².